The van der Waals surface area contributed by atoms with E-state index in [2.05, 4.69) is 14.6 Å². The molecule has 0 aliphatic carbocycles. The van der Waals surface area contributed by atoms with Crippen LogP contribution in [0.1, 0.15) is 5.89 Å². The number of aromatic nitrogens is 2. The highest BCUT2D eigenvalue weighted by atomic mass is 32.2. The van der Waals surface area contributed by atoms with Crippen molar-refractivity contribution in [2.24, 2.45) is 0 Å². The van der Waals surface area contributed by atoms with Gasteiger partial charge >= 0.3 is 12.1 Å². The molecule has 0 aliphatic heterocycles. The molecule has 2 aromatic rings. The van der Waals surface area contributed by atoms with E-state index in [4.69, 9.17) is 0 Å². The molecule has 112 valence electrons. The Kier molecular flexibility index (Phi) is 3.63. The third-order valence-corrected chi connectivity index (χ3v) is 3.05. The summed E-state index contributed by atoms with van der Waals surface area (Å²) in [6, 6.07) is 2.53. The molecule has 1 heterocycles. The summed E-state index contributed by atoms with van der Waals surface area (Å²) in [5.41, 5.74) is -0.886. The van der Waals surface area contributed by atoms with E-state index in [-0.39, 0.29) is 5.56 Å². The summed E-state index contributed by atoms with van der Waals surface area (Å²) in [4.78, 5) is 9.13. The van der Waals surface area contributed by atoms with Crippen molar-refractivity contribution in [1.82, 2.24) is 10.2 Å². The lowest BCUT2D eigenvalue weighted by Crippen LogP contribution is -2.04. The summed E-state index contributed by atoms with van der Waals surface area (Å²) in [7, 11) is -3.31. The van der Waals surface area contributed by atoms with Crippen LogP contribution in [-0.4, -0.2) is 23.5 Å². The number of hydrogen-bond acceptors (Lipinski definition) is 7. The fourth-order valence-corrected chi connectivity index (χ4v) is 2.02. The van der Waals surface area contributed by atoms with Gasteiger partial charge in [-0.3, -0.25) is 10.1 Å². The fraction of sp³-hybridized carbons (Fsp3) is 0.111. The number of nitro groups is 1. The third-order valence-electron chi connectivity index (χ3n) is 2.29. The second-order valence-corrected chi connectivity index (χ2v) is 4.62. The summed E-state index contributed by atoms with van der Waals surface area (Å²) >= 11 is 0. The smallest absolute Gasteiger partial charge is 0.413 e. The molecule has 2 rings (SSSR count). The van der Waals surface area contributed by atoms with Gasteiger partial charge in [0.05, 0.1) is 15.4 Å². The van der Waals surface area contributed by atoms with Crippen LogP contribution in [0.2, 0.25) is 0 Å². The van der Waals surface area contributed by atoms with Crippen LogP contribution in [0.15, 0.2) is 27.5 Å². The minimum absolute atomic E-state index is 0.347. The molecule has 12 heteroatoms. The van der Waals surface area contributed by atoms with E-state index in [1.807, 2.05) is 0 Å². The molecule has 0 aliphatic rings. The van der Waals surface area contributed by atoms with Crippen molar-refractivity contribution in [3.05, 3.63) is 34.2 Å². The van der Waals surface area contributed by atoms with Gasteiger partial charge in [-0.2, -0.15) is 13.2 Å². The SMILES string of the molecule is O=[N+]([O-])c1ccc(-c2nnc(C(F)(F)F)o2)c([SH](=O)=O)c1. The van der Waals surface area contributed by atoms with Crippen LogP contribution < -0.4 is 0 Å². The first-order chi connectivity index (χ1) is 9.70. The highest BCUT2D eigenvalue weighted by Gasteiger charge is 2.38. The highest BCUT2D eigenvalue weighted by Crippen LogP contribution is 2.32. The van der Waals surface area contributed by atoms with Gasteiger partial charge in [-0.05, 0) is 6.07 Å². The zero-order chi connectivity index (χ0) is 15.8. The molecule has 0 fully saturated rings. The number of halogens is 3. The van der Waals surface area contributed by atoms with Crippen molar-refractivity contribution < 1.29 is 30.9 Å². The van der Waals surface area contributed by atoms with Gasteiger partial charge in [0.2, 0.25) is 5.89 Å². The number of thiol groups is 1. The maximum absolute atomic E-state index is 12.3. The number of benzene rings is 1. The summed E-state index contributed by atoms with van der Waals surface area (Å²) in [5, 5.41) is 16.4. The summed E-state index contributed by atoms with van der Waals surface area (Å²) in [5.74, 6) is -2.35. The Labute approximate surface area is 115 Å². The van der Waals surface area contributed by atoms with Gasteiger partial charge < -0.3 is 4.42 Å². The molecule has 1 aromatic heterocycles. The van der Waals surface area contributed by atoms with Crippen LogP contribution in [0.5, 0.6) is 0 Å². The number of nitrogens with zero attached hydrogens (tertiary/aromatic N) is 3. The lowest BCUT2D eigenvalue weighted by molar-refractivity contribution is -0.385. The normalized spacial score (nSPS) is 11.8. The van der Waals surface area contributed by atoms with Crippen molar-refractivity contribution in [2.45, 2.75) is 11.1 Å². The lowest BCUT2D eigenvalue weighted by Gasteiger charge is -2.00. The Bertz CT molecular complexity index is 775. The van der Waals surface area contributed by atoms with Crippen LogP contribution in [-0.2, 0) is 16.9 Å². The second kappa shape index (κ2) is 5.12. The highest BCUT2D eigenvalue weighted by molar-refractivity contribution is 7.72. The largest absolute Gasteiger partial charge is 0.470 e. The first-order valence-electron chi connectivity index (χ1n) is 5.04. The van der Waals surface area contributed by atoms with Crippen molar-refractivity contribution in [2.75, 3.05) is 0 Å². The van der Waals surface area contributed by atoms with Crippen molar-refractivity contribution in [1.29, 1.82) is 0 Å². The molecular weight excluding hydrogens is 319 g/mol. The lowest BCUT2D eigenvalue weighted by atomic mass is 10.2. The van der Waals surface area contributed by atoms with Crippen LogP contribution in [0.25, 0.3) is 11.5 Å². The Morgan fingerprint density at radius 1 is 1.24 bits per heavy atom. The van der Waals surface area contributed by atoms with Gasteiger partial charge in [0.1, 0.15) is 0 Å². The molecular formula is C9H4F3N3O5S. The minimum atomic E-state index is -4.88. The average molecular weight is 323 g/mol. The number of rotatable bonds is 3. The molecule has 0 saturated carbocycles. The molecule has 0 unspecified atom stereocenters. The molecule has 0 saturated heterocycles. The Morgan fingerprint density at radius 2 is 1.90 bits per heavy atom. The number of alkyl halides is 3. The van der Waals surface area contributed by atoms with Crippen LogP contribution in [0.4, 0.5) is 18.9 Å². The number of hydrogen-bond donors (Lipinski definition) is 1. The monoisotopic (exact) mass is 323 g/mol. The predicted molar refractivity (Wildman–Crippen MR) is 60.0 cm³/mol. The summed E-state index contributed by atoms with van der Waals surface area (Å²) in [6.07, 6.45) is -4.88. The molecule has 1 aromatic carbocycles. The van der Waals surface area contributed by atoms with Gasteiger partial charge in [0.15, 0.2) is 10.7 Å². The Hall–Kier alpha value is -2.50. The van der Waals surface area contributed by atoms with Gasteiger partial charge in [-0.25, -0.2) is 8.42 Å². The van der Waals surface area contributed by atoms with E-state index in [1.165, 1.54) is 0 Å². The van der Waals surface area contributed by atoms with E-state index in [0.29, 0.717) is 6.07 Å². The Balaban J connectivity index is 2.58. The van der Waals surface area contributed by atoms with Gasteiger partial charge in [-0.1, -0.05) is 0 Å². The zero-order valence-electron chi connectivity index (χ0n) is 9.70. The summed E-state index contributed by atoms with van der Waals surface area (Å²) in [6.45, 7) is 0. The van der Waals surface area contributed by atoms with Crippen molar-refractivity contribution in [3.8, 4) is 11.5 Å². The molecule has 0 bridgehead atoms. The third kappa shape index (κ3) is 2.99. The molecule has 0 amide bonds. The first-order valence-corrected chi connectivity index (χ1v) is 6.22. The average Bonchev–Trinajstić information content (AvgIpc) is 2.87. The van der Waals surface area contributed by atoms with Crippen molar-refractivity contribution >= 4 is 16.4 Å². The van der Waals surface area contributed by atoms with Gasteiger partial charge in [0, 0.05) is 12.1 Å². The van der Waals surface area contributed by atoms with E-state index >= 15 is 0 Å². The number of nitro benzene ring substituents is 1. The number of non-ortho nitro benzene ring substituents is 1. The van der Waals surface area contributed by atoms with E-state index in [1.54, 1.807) is 0 Å². The van der Waals surface area contributed by atoms with E-state index in [0.717, 1.165) is 12.1 Å². The van der Waals surface area contributed by atoms with Gasteiger partial charge in [0.25, 0.3) is 5.69 Å². The van der Waals surface area contributed by atoms with Crippen LogP contribution >= 0.6 is 0 Å². The quantitative estimate of drug-likeness (QED) is 0.518. The van der Waals surface area contributed by atoms with Crippen molar-refractivity contribution in [3.63, 3.8) is 0 Å². The van der Waals surface area contributed by atoms with Gasteiger partial charge in [-0.15, -0.1) is 10.2 Å². The molecule has 0 spiro atoms. The van der Waals surface area contributed by atoms with Crippen LogP contribution in [0, 0.1) is 10.1 Å². The molecule has 0 atom stereocenters. The summed E-state index contributed by atoms with van der Waals surface area (Å²) < 4.78 is 63.5. The van der Waals surface area contributed by atoms with Crippen LogP contribution in [0.3, 0.4) is 0 Å². The Morgan fingerprint density at radius 3 is 2.38 bits per heavy atom. The molecule has 0 N–H and O–H groups in total. The van der Waals surface area contributed by atoms with E-state index in [9.17, 15) is 31.7 Å². The second-order valence-electron chi connectivity index (χ2n) is 3.63. The standard InChI is InChI=1S/C9H4F3N3O5S/c10-9(11,12)8-14-13-7(20-8)5-2-1-4(15(16)17)3-6(5)21(18)19/h1-3,21H. The first kappa shape index (κ1) is 14.9. The molecule has 8 nitrogen and oxygen atoms in total. The zero-order valence-corrected chi connectivity index (χ0v) is 10.6. The fourth-order valence-electron chi connectivity index (χ4n) is 1.41. The maximum atomic E-state index is 12.3. The predicted octanol–water partition coefficient (Wildman–Crippen LogP) is 1.63. The maximum Gasteiger partial charge on any atom is 0.470 e. The molecule has 0 radical (unpaired) electrons. The topological polar surface area (TPSA) is 116 Å². The minimum Gasteiger partial charge on any atom is -0.413 e. The molecule has 21 heavy (non-hydrogen) atoms. The van der Waals surface area contributed by atoms with E-state index < -0.39 is 44.2 Å².